The van der Waals surface area contributed by atoms with Crippen LogP contribution in [0.25, 0.3) is 0 Å². The Bertz CT molecular complexity index is 472. The molecule has 5 heteroatoms. The first-order valence-corrected chi connectivity index (χ1v) is 8.36. The van der Waals surface area contributed by atoms with Crippen LogP contribution in [0.2, 0.25) is 0 Å². The van der Waals surface area contributed by atoms with Crippen LogP contribution in [0.3, 0.4) is 0 Å². The number of benzene rings is 1. The number of amides is 1. The molecule has 1 aliphatic carbocycles. The lowest BCUT2D eigenvalue weighted by molar-refractivity contribution is -0.133. The molecule has 1 unspecified atom stereocenters. The third-order valence-corrected chi connectivity index (χ3v) is 4.45. The quantitative estimate of drug-likeness (QED) is 0.821. The molecular weight excluding hydrogens is 315 g/mol. The van der Waals surface area contributed by atoms with E-state index in [2.05, 4.69) is 0 Å². The van der Waals surface area contributed by atoms with Crippen molar-refractivity contribution < 1.29 is 9.18 Å². The normalized spacial score (nSPS) is 16.0. The summed E-state index contributed by atoms with van der Waals surface area (Å²) in [4.78, 5) is 14.6. The van der Waals surface area contributed by atoms with E-state index in [0.29, 0.717) is 19.0 Å². The minimum atomic E-state index is -0.218. The second kappa shape index (κ2) is 9.89. The summed E-state index contributed by atoms with van der Waals surface area (Å²) in [6.07, 6.45) is 6.66. The van der Waals surface area contributed by atoms with Gasteiger partial charge in [-0.15, -0.1) is 12.4 Å². The van der Waals surface area contributed by atoms with E-state index in [0.717, 1.165) is 31.2 Å². The molecule has 1 saturated carbocycles. The van der Waals surface area contributed by atoms with Crippen molar-refractivity contribution in [2.75, 3.05) is 6.54 Å². The molecule has 1 aliphatic rings. The molecule has 1 amide bonds. The predicted molar refractivity (Wildman–Crippen MR) is 94.2 cm³/mol. The molecule has 1 atom stereocenters. The summed E-state index contributed by atoms with van der Waals surface area (Å²) in [7, 11) is 0. The SMILES string of the molecule is CC(N)CCC(=O)N(CCc1ccc(F)cc1)C1CCCC1.Cl. The van der Waals surface area contributed by atoms with E-state index >= 15 is 0 Å². The Balaban J connectivity index is 0.00000264. The maximum absolute atomic E-state index is 13.0. The molecule has 1 fully saturated rings. The molecule has 130 valence electrons. The zero-order valence-corrected chi connectivity index (χ0v) is 14.7. The summed E-state index contributed by atoms with van der Waals surface area (Å²) in [6, 6.07) is 7.00. The number of nitrogens with two attached hydrogens (primary N) is 1. The summed E-state index contributed by atoms with van der Waals surface area (Å²) in [5.74, 6) is -0.00396. The number of hydrogen-bond acceptors (Lipinski definition) is 2. The smallest absolute Gasteiger partial charge is 0.222 e. The van der Waals surface area contributed by atoms with E-state index in [-0.39, 0.29) is 30.2 Å². The van der Waals surface area contributed by atoms with Crippen LogP contribution in [-0.2, 0) is 11.2 Å². The predicted octanol–water partition coefficient (Wildman–Crippen LogP) is 3.69. The highest BCUT2D eigenvalue weighted by Crippen LogP contribution is 2.24. The lowest BCUT2D eigenvalue weighted by atomic mass is 10.1. The monoisotopic (exact) mass is 342 g/mol. The molecule has 0 aromatic heterocycles. The first kappa shape index (κ1) is 19.9. The van der Waals surface area contributed by atoms with E-state index < -0.39 is 0 Å². The fourth-order valence-corrected chi connectivity index (χ4v) is 3.12. The van der Waals surface area contributed by atoms with Crippen molar-refractivity contribution in [3.63, 3.8) is 0 Å². The van der Waals surface area contributed by atoms with Gasteiger partial charge in [-0.2, -0.15) is 0 Å². The second-order valence-corrected chi connectivity index (χ2v) is 6.42. The lowest BCUT2D eigenvalue weighted by Crippen LogP contribution is -2.40. The van der Waals surface area contributed by atoms with Gasteiger partial charge in [0, 0.05) is 25.0 Å². The molecule has 0 bridgehead atoms. The van der Waals surface area contributed by atoms with Crippen molar-refractivity contribution in [1.29, 1.82) is 0 Å². The van der Waals surface area contributed by atoms with Crippen LogP contribution in [0.4, 0.5) is 4.39 Å². The van der Waals surface area contributed by atoms with Gasteiger partial charge in [0.05, 0.1) is 0 Å². The van der Waals surface area contributed by atoms with Crippen LogP contribution in [0.5, 0.6) is 0 Å². The van der Waals surface area contributed by atoms with E-state index in [1.807, 2.05) is 11.8 Å². The number of hydrogen-bond donors (Lipinski definition) is 1. The van der Waals surface area contributed by atoms with Crippen LogP contribution < -0.4 is 5.73 Å². The second-order valence-electron chi connectivity index (χ2n) is 6.42. The van der Waals surface area contributed by atoms with Gasteiger partial charge in [-0.25, -0.2) is 4.39 Å². The lowest BCUT2D eigenvalue weighted by Gasteiger charge is -2.29. The first-order valence-electron chi connectivity index (χ1n) is 8.36. The van der Waals surface area contributed by atoms with Gasteiger partial charge in [0.1, 0.15) is 5.82 Å². The molecular formula is C18H28ClFN2O. The van der Waals surface area contributed by atoms with E-state index in [9.17, 15) is 9.18 Å². The summed E-state index contributed by atoms with van der Waals surface area (Å²) in [6.45, 7) is 2.65. The van der Waals surface area contributed by atoms with Crippen LogP contribution in [0.1, 0.15) is 51.0 Å². The van der Waals surface area contributed by atoms with Crippen LogP contribution in [0.15, 0.2) is 24.3 Å². The molecule has 0 heterocycles. The summed E-state index contributed by atoms with van der Waals surface area (Å²) < 4.78 is 13.0. The minimum absolute atomic E-state index is 0. The number of rotatable bonds is 7. The fraction of sp³-hybridized carbons (Fsp3) is 0.611. The number of carbonyl (C=O) groups is 1. The largest absolute Gasteiger partial charge is 0.339 e. The average Bonchev–Trinajstić information content (AvgIpc) is 3.01. The van der Waals surface area contributed by atoms with Gasteiger partial charge in [0.2, 0.25) is 5.91 Å². The van der Waals surface area contributed by atoms with E-state index in [1.54, 1.807) is 12.1 Å². The molecule has 2 rings (SSSR count). The Morgan fingerprint density at radius 3 is 2.48 bits per heavy atom. The number of carbonyl (C=O) groups excluding carboxylic acids is 1. The van der Waals surface area contributed by atoms with Gasteiger partial charge >= 0.3 is 0 Å². The Labute approximate surface area is 144 Å². The highest BCUT2D eigenvalue weighted by Gasteiger charge is 2.26. The molecule has 23 heavy (non-hydrogen) atoms. The van der Waals surface area contributed by atoms with Crippen molar-refractivity contribution in [1.82, 2.24) is 4.90 Å². The van der Waals surface area contributed by atoms with Crippen LogP contribution >= 0.6 is 12.4 Å². The molecule has 0 radical (unpaired) electrons. The zero-order chi connectivity index (χ0) is 15.9. The molecule has 2 N–H and O–H groups in total. The van der Waals surface area contributed by atoms with Gasteiger partial charge in [-0.3, -0.25) is 4.79 Å². The number of nitrogens with zero attached hydrogens (tertiary/aromatic N) is 1. The van der Waals surface area contributed by atoms with Crippen molar-refractivity contribution in [3.05, 3.63) is 35.6 Å². The Morgan fingerprint density at radius 2 is 1.91 bits per heavy atom. The van der Waals surface area contributed by atoms with Gasteiger partial charge in [-0.1, -0.05) is 25.0 Å². The molecule has 0 aliphatic heterocycles. The Morgan fingerprint density at radius 1 is 1.30 bits per heavy atom. The summed E-state index contributed by atoms with van der Waals surface area (Å²) in [5, 5.41) is 0. The van der Waals surface area contributed by atoms with Crippen molar-refractivity contribution >= 4 is 18.3 Å². The fourth-order valence-electron chi connectivity index (χ4n) is 3.12. The van der Waals surface area contributed by atoms with Crippen molar-refractivity contribution in [2.24, 2.45) is 5.73 Å². The Hall–Kier alpha value is -1.13. The molecule has 1 aromatic carbocycles. The topological polar surface area (TPSA) is 46.3 Å². The maximum atomic E-state index is 13.0. The number of halogens is 2. The molecule has 0 spiro atoms. The van der Waals surface area contributed by atoms with Gasteiger partial charge < -0.3 is 10.6 Å². The van der Waals surface area contributed by atoms with Gasteiger partial charge in [-0.05, 0) is 50.3 Å². The molecule has 1 aromatic rings. The maximum Gasteiger partial charge on any atom is 0.222 e. The minimum Gasteiger partial charge on any atom is -0.339 e. The first-order chi connectivity index (χ1) is 10.6. The van der Waals surface area contributed by atoms with Crippen LogP contribution in [-0.4, -0.2) is 29.4 Å². The highest BCUT2D eigenvalue weighted by molar-refractivity contribution is 5.85. The van der Waals surface area contributed by atoms with Crippen molar-refractivity contribution in [2.45, 2.75) is 64.0 Å². The summed E-state index contributed by atoms with van der Waals surface area (Å²) in [5.41, 5.74) is 6.84. The van der Waals surface area contributed by atoms with Gasteiger partial charge in [0.25, 0.3) is 0 Å². The third kappa shape index (κ3) is 6.48. The van der Waals surface area contributed by atoms with E-state index in [4.69, 9.17) is 5.73 Å². The molecule has 0 saturated heterocycles. The Kier molecular flexibility index (Phi) is 8.56. The third-order valence-electron chi connectivity index (χ3n) is 4.45. The average molecular weight is 343 g/mol. The highest BCUT2D eigenvalue weighted by atomic mass is 35.5. The van der Waals surface area contributed by atoms with Crippen LogP contribution in [0, 0.1) is 5.82 Å². The van der Waals surface area contributed by atoms with Gasteiger partial charge in [0.15, 0.2) is 0 Å². The summed E-state index contributed by atoms with van der Waals surface area (Å²) >= 11 is 0. The zero-order valence-electron chi connectivity index (χ0n) is 13.8. The van der Waals surface area contributed by atoms with Crippen molar-refractivity contribution in [3.8, 4) is 0 Å². The molecule has 3 nitrogen and oxygen atoms in total. The standard InChI is InChI=1S/C18H27FN2O.ClH/c1-14(20)6-11-18(22)21(17-4-2-3-5-17)13-12-15-7-9-16(19)10-8-15;/h7-10,14,17H,2-6,11-13,20H2,1H3;1H. The van der Waals surface area contributed by atoms with E-state index in [1.165, 1.54) is 25.0 Å².